The van der Waals surface area contributed by atoms with Crippen molar-refractivity contribution in [3.05, 3.63) is 17.5 Å². The van der Waals surface area contributed by atoms with Crippen molar-refractivity contribution in [2.75, 3.05) is 13.1 Å². The van der Waals surface area contributed by atoms with Crippen molar-refractivity contribution in [3.8, 4) is 0 Å². The zero-order valence-corrected chi connectivity index (χ0v) is 14.7. The minimum absolute atomic E-state index is 0.105. The third kappa shape index (κ3) is 3.06. The number of likely N-dealkylation sites (tertiary alicyclic amines) is 1. The van der Waals surface area contributed by atoms with E-state index in [1.807, 2.05) is 17.7 Å². The van der Waals surface area contributed by atoms with Crippen LogP contribution in [0.4, 0.5) is 0 Å². The van der Waals surface area contributed by atoms with Crippen LogP contribution in [0.2, 0.25) is 0 Å². The van der Waals surface area contributed by atoms with Crippen molar-refractivity contribution in [1.29, 1.82) is 0 Å². The van der Waals surface area contributed by atoms with E-state index in [2.05, 4.69) is 18.9 Å². The number of carbonyl (C=O) groups is 2. The SMILES string of the molecule is CCC(CC)n1nc(C(=O)N2C[C@H](C(=O)O)[C@@H](C3CC3)C2)cc1C. The van der Waals surface area contributed by atoms with Crippen molar-refractivity contribution < 1.29 is 14.7 Å². The van der Waals surface area contributed by atoms with Gasteiger partial charge in [-0.3, -0.25) is 14.3 Å². The molecule has 0 spiro atoms. The minimum Gasteiger partial charge on any atom is -0.481 e. The summed E-state index contributed by atoms with van der Waals surface area (Å²) >= 11 is 0. The lowest BCUT2D eigenvalue weighted by Gasteiger charge is -2.16. The van der Waals surface area contributed by atoms with Gasteiger partial charge in [-0.05, 0) is 50.5 Å². The molecule has 1 saturated heterocycles. The first-order valence-corrected chi connectivity index (χ1v) is 9.04. The number of carbonyl (C=O) groups excluding carboxylic acids is 1. The second-order valence-corrected chi connectivity index (χ2v) is 7.24. The van der Waals surface area contributed by atoms with Gasteiger partial charge in [0.2, 0.25) is 0 Å². The van der Waals surface area contributed by atoms with Gasteiger partial charge in [0.1, 0.15) is 0 Å². The second kappa shape index (κ2) is 6.57. The number of amides is 1. The molecule has 2 aliphatic rings. The molecule has 6 heteroatoms. The molecular formula is C18H27N3O3. The molecule has 1 aromatic rings. The van der Waals surface area contributed by atoms with Crippen molar-refractivity contribution in [3.63, 3.8) is 0 Å². The number of carboxylic acids is 1. The van der Waals surface area contributed by atoms with E-state index in [4.69, 9.17) is 0 Å². The highest BCUT2D eigenvalue weighted by atomic mass is 16.4. The quantitative estimate of drug-likeness (QED) is 0.868. The van der Waals surface area contributed by atoms with Crippen LogP contribution in [0.5, 0.6) is 0 Å². The summed E-state index contributed by atoms with van der Waals surface area (Å²) < 4.78 is 1.94. The monoisotopic (exact) mass is 333 g/mol. The summed E-state index contributed by atoms with van der Waals surface area (Å²) in [6, 6.07) is 2.14. The molecule has 1 aliphatic heterocycles. The lowest BCUT2D eigenvalue weighted by Crippen LogP contribution is -2.30. The van der Waals surface area contributed by atoms with E-state index in [0.717, 1.165) is 31.4 Å². The molecule has 24 heavy (non-hydrogen) atoms. The number of aryl methyl sites for hydroxylation is 1. The van der Waals surface area contributed by atoms with E-state index in [9.17, 15) is 14.7 Å². The maximum absolute atomic E-state index is 12.8. The fourth-order valence-electron chi connectivity index (χ4n) is 4.02. The van der Waals surface area contributed by atoms with E-state index in [1.165, 1.54) is 0 Å². The Morgan fingerprint density at radius 2 is 1.96 bits per heavy atom. The van der Waals surface area contributed by atoms with Gasteiger partial charge in [0.25, 0.3) is 5.91 Å². The average Bonchev–Trinajstić information content (AvgIpc) is 3.19. The van der Waals surface area contributed by atoms with Gasteiger partial charge in [0.15, 0.2) is 5.69 Å². The molecule has 1 N–H and O–H groups in total. The number of nitrogens with zero attached hydrogens (tertiary/aromatic N) is 3. The minimum atomic E-state index is -0.777. The van der Waals surface area contributed by atoms with E-state index in [0.29, 0.717) is 30.7 Å². The van der Waals surface area contributed by atoms with Crippen LogP contribution in [0.15, 0.2) is 6.07 Å². The number of aromatic nitrogens is 2. The number of aliphatic carboxylic acids is 1. The molecule has 0 aromatic carbocycles. The molecular weight excluding hydrogens is 306 g/mol. The molecule has 1 aromatic heterocycles. The van der Waals surface area contributed by atoms with Crippen molar-refractivity contribution in [1.82, 2.24) is 14.7 Å². The molecule has 3 rings (SSSR count). The second-order valence-electron chi connectivity index (χ2n) is 7.24. The normalized spacial score (nSPS) is 23.9. The van der Waals surface area contributed by atoms with Crippen LogP contribution in [0.1, 0.15) is 61.8 Å². The summed E-state index contributed by atoms with van der Waals surface area (Å²) in [7, 11) is 0. The van der Waals surface area contributed by atoms with Gasteiger partial charge in [-0.15, -0.1) is 0 Å². The van der Waals surface area contributed by atoms with Gasteiger partial charge in [-0.2, -0.15) is 5.10 Å². The Labute approximate surface area is 142 Å². The highest BCUT2D eigenvalue weighted by Crippen LogP contribution is 2.44. The van der Waals surface area contributed by atoms with Gasteiger partial charge < -0.3 is 10.0 Å². The van der Waals surface area contributed by atoms with Crippen LogP contribution < -0.4 is 0 Å². The zero-order chi connectivity index (χ0) is 17.4. The molecule has 1 saturated carbocycles. The first-order valence-electron chi connectivity index (χ1n) is 9.04. The smallest absolute Gasteiger partial charge is 0.308 e. The molecule has 6 nitrogen and oxygen atoms in total. The van der Waals surface area contributed by atoms with Gasteiger partial charge in [-0.1, -0.05) is 13.8 Å². The van der Waals surface area contributed by atoms with E-state index in [-0.39, 0.29) is 11.8 Å². The van der Waals surface area contributed by atoms with E-state index in [1.54, 1.807) is 4.90 Å². The first kappa shape index (κ1) is 17.0. The number of hydrogen-bond acceptors (Lipinski definition) is 3. The lowest BCUT2D eigenvalue weighted by molar-refractivity contribution is -0.142. The predicted octanol–water partition coefficient (Wildman–Crippen LogP) is 2.74. The van der Waals surface area contributed by atoms with Gasteiger partial charge >= 0.3 is 5.97 Å². The molecule has 2 heterocycles. The van der Waals surface area contributed by atoms with Gasteiger partial charge in [0.05, 0.1) is 12.0 Å². The zero-order valence-electron chi connectivity index (χ0n) is 14.7. The van der Waals surface area contributed by atoms with Crippen LogP contribution in [-0.4, -0.2) is 44.8 Å². The van der Waals surface area contributed by atoms with Crippen molar-refractivity contribution in [2.45, 2.75) is 52.5 Å². The topological polar surface area (TPSA) is 75.4 Å². The molecule has 0 unspecified atom stereocenters. The summed E-state index contributed by atoms with van der Waals surface area (Å²) in [6.45, 7) is 7.08. The Bertz CT molecular complexity index is 631. The number of rotatable bonds is 6. The standard InChI is InChI=1S/C18H27N3O3/c1-4-13(5-2)21-11(3)8-16(19-21)17(22)20-9-14(12-6-7-12)15(10-20)18(23)24/h8,12-15H,4-7,9-10H2,1-3H3,(H,23,24)/t14-,15+/m1/s1. The van der Waals surface area contributed by atoms with Crippen LogP contribution >= 0.6 is 0 Å². The van der Waals surface area contributed by atoms with Crippen LogP contribution in [0.3, 0.4) is 0 Å². The van der Waals surface area contributed by atoms with Crippen LogP contribution in [0.25, 0.3) is 0 Å². The summed E-state index contributed by atoms with van der Waals surface area (Å²) in [4.78, 5) is 26.0. The Balaban J connectivity index is 1.77. The highest BCUT2D eigenvalue weighted by Gasteiger charge is 2.47. The molecule has 1 amide bonds. The van der Waals surface area contributed by atoms with Crippen LogP contribution in [0, 0.1) is 24.7 Å². The molecule has 2 fully saturated rings. The highest BCUT2D eigenvalue weighted by molar-refractivity contribution is 5.93. The third-order valence-corrected chi connectivity index (χ3v) is 5.63. The molecule has 0 radical (unpaired) electrons. The largest absolute Gasteiger partial charge is 0.481 e. The predicted molar refractivity (Wildman–Crippen MR) is 89.8 cm³/mol. The summed E-state index contributed by atoms with van der Waals surface area (Å²) in [5, 5.41) is 14.0. The summed E-state index contributed by atoms with van der Waals surface area (Å²) in [5.74, 6) is -0.747. The maximum Gasteiger partial charge on any atom is 0.308 e. The Morgan fingerprint density at radius 3 is 2.50 bits per heavy atom. The molecule has 1 aliphatic carbocycles. The fraction of sp³-hybridized carbons (Fsp3) is 0.722. The van der Waals surface area contributed by atoms with Crippen molar-refractivity contribution >= 4 is 11.9 Å². The fourth-order valence-corrected chi connectivity index (χ4v) is 4.02. The lowest BCUT2D eigenvalue weighted by atomic mass is 9.92. The summed E-state index contributed by atoms with van der Waals surface area (Å²) in [5.41, 5.74) is 1.43. The number of carboxylic acid groups (broad SMARTS) is 1. The Hall–Kier alpha value is -1.85. The van der Waals surface area contributed by atoms with Crippen molar-refractivity contribution in [2.24, 2.45) is 17.8 Å². The Kier molecular flexibility index (Phi) is 4.65. The molecule has 132 valence electrons. The third-order valence-electron chi connectivity index (χ3n) is 5.63. The van der Waals surface area contributed by atoms with Gasteiger partial charge in [-0.25, -0.2) is 0 Å². The van der Waals surface area contributed by atoms with E-state index >= 15 is 0 Å². The number of hydrogen-bond donors (Lipinski definition) is 1. The maximum atomic E-state index is 12.8. The van der Waals surface area contributed by atoms with Crippen LogP contribution in [-0.2, 0) is 4.79 Å². The summed E-state index contributed by atoms with van der Waals surface area (Å²) in [6.07, 6.45) is 4.14. The Morgan fingerprint density at radius 1 is 1.29 bits per heavy atom. The van der Waals surface area contributed by atoms with Gasteiger partial charge in [0, 0.05) is 18.8 Å². The average molecular weight is 333 g/mol. The molecule has 2 atom stereocenters. The molecule has 0 bridgehead atoms. The first-order chi connectivity index (χ1) is 11.5. The van der Waals surface area contributed by atoms with E-state index < -0.39 is 11.9 Å².